The minimum atomic E-state index is 0.723. The van der Waals surface area contributed by atoms with Crippen molar-refractivity contribution < 1.29 is 0 Å². The third kappa shape index (κ3) is 4.65. The number of benzene rings is 1. The molecular weight excluding hydrogens is 192 g/mol. The van der Waals surface area contributed by atoms with Crippen molar-refractivity contribution in [2.45, 2.75) is 48.0 Å². The molecule has 0 saturated heterocycles. The van der Waals surface area contributed by atoms with Crippen molar-refractivity contribution >= 4 is 5.57 Å². The maximum Gasteiger partial charge on any atom is -0.0198 e. The van der Waals surface area contributed by atoms with Gasteiger partial charge >= 0.3 is 0 Å². The van der Waals surface area contributed by atoms with Gasteiger partial charge in [-0.15, -0.1) is 0 Å². The molecule has 1 rings (SSSR count). The van der Waals surface area contributed by atoms with Gasteiger partial charge in [-0.05, 0) is 42.9 Å². The summed E-state index contributed by atoms with van der Waals surface area (Å²) in [5.41, 5.74) is 4.25. The van der Waals surface area contributed by atoms with Crippen molar-refractivity contribution in [1.82, 2.24) is 0 Å². The molecule has 0 aliphatic rings. The second kappa shape index (κ2) is 8.15. The van der Waals surface area contributed by atoms with Gasteiger partial charge in [0.1, 0.15) is 0 Å². The van der Waals surface area contributed by atoms with E-state index in [0.717, 1.165) is 5.92 Å². The molecule has 1 aromatic carbocycles. The Balaban J connectivity index is 0.00000106. The zero-order valence-electron chi connectivity index (χ0n) is 11.7. The smallest absolute Gasteiger partial charge is 0.0198 e. The van der Waals surface area contributed by atoms with Crippen LogP contribution >= 0.6 is 0 Å². The molecule has 0 fully saturated rings. The largest absolute Gasteiger partial charge is 0.0838 e. The van der Waals surface area contributed by atoms with Crippen LogP contribution < -0.4 is 0 Å². The van der Waals surface area contributed by atoms with Gasteiger partial charge in [-0.1, -0.05) is 58.0 Å². The number of allylic oxidation sites excluding steroid dienone is 2. The predicted molar refractivity (Wildman–Crippen MR) is 75.6 cm³/mol. The van der Waals surface area contributed by atoms with Crippen LogP contribution in [0.15, 0.2) is 30.3 Å². The number of hydrogen-bond donors (Lipinski definition) is 0. The van der Waals surface area contributed by atoms with Crippen LogP contribution in [0, 0.1) is 12.8 Å². The number of hydrogen-bond acceptors (Lipinski definition) is 0. The summed E-state index contributed by atoms with van der Waals surface area (Å²) < 4.78 is 0. The zero-order valence-corrected chi connectivity index (χ0v) is 11.7. The molecule has 0 heteroatoms. The van der Waals surface area contributed by atoms with Crippen LogP contribution in [0.25, 0.3) is 5.57 Å². The van der Waals surface area contributed by atoms with Gasteiger partial charge in [-0.3, -0.25) is 0 Å². The SMILES string of the molecule is C/C=C(/CC(C)C)c1ccccc1C.CC. The van der Waals surface area contributed by atoms with Gasteiger partial charge in [0.25, 0.3) is 0 Å². The summed E-state index contributed by atoms with van der Waals surface area (Å²) in [7, 11) is 0. The first-order chi connectivity index (χ1) is 7.65. The van der Waals surface area contributed by atoms with Gasteiger partial charge in [0.2, 0.25) is 0 Å². The first kappa shape index (κ1) is 15.0. The molecule has 0 bridgehead atoms. The van der Waals surface area contributed by atoms with E-state index in [9.17, 15) is 0 Å². The van der Waals surface area contributed by atoms with E-state index in [1.165, 1.54) is 23.1 Å². The minimum absolute atomic E-state index is 0.723. The highest BCUT2D eigenvalue weighted by molar-refractivity contribution is 5.67. The molecule has 1 aromatic rings. The Morgan fingerprint density at radius 2 is 1.75 bits per heavy atom. The van der Waals surface area contributed by atoms with E-state index in [-0.39, 0.29) is 0 Å². The standard InChI is InChI=1S/C14H20.C2H6/c1-5-13(10-11(2)3)14-9-7-6-8-12(14)4;1-2/h5-9,11H,10H2,1-4H3;1-2H3/b13-5-;. The molecule has 0 atom stereocenters. The normalized spacial score (nSPS) is 11.1. The van der Waals surface area contributed by atoms with Crippen molar-refractivity contribution in [3.05, 3.63) is 41.5 Å². The molecular formula is C16H26. The fourth-order valence-corrected chi connectivity index (χ4v) is 1.76. The molecule has 0 nitrogen and oxygen atoms in total. The van der Waals surface area contributed by atoms with Gasteiger partial charge in [-0.2, -0.15) is 0 Å². The molecule has 90 valence electrons. The maximum absolute atomic E-state index is 2.27. The van der Waals surface area contributed by atoms with Gasteiger partial charge in [0, 0.05) is 0 Å². The van der Waals surface area contributed by atoms with Gasteiger partial charge in [-0.25, -0.2) is 0 Å². The van der Waals surface area contributed by atoms with E-state index in [0.29, 0.717) is 0 Å². The second-order valence-electron chi connectivity index (χ2n) is 4.23. The van der Waals surface area contributed by atoms with E-state index in [1.807, 2.05) is 13.8 Å². The quantitative estimate of drug-likeness (QED) is 0.631. The summed E-state index contributed by atoms with van der Waals surface area (Å²) in [6.07, 6.45) is 3.41. The van der Waals surface area contributed by atoms with Crippen LogP contribution in [0.3, 0.4) is 0 Å². The fraction of sp³-hybridized carbons (Fsp3) is 0.500. The highest BCUT2D eigenvalue weighted by Gasteiger charge is 2.05. The monoisotopic (exact) mass is 218 g/mol. The molecule has 0 aliphatic carbocycles. The van der Waals surface area contributed by atoms with Crippen LogP contribution in [-0.2, 0) is 0 Å². The molecule has 16 heavy (non-hydrogen) atoms. The highest BCUT2D eigenvalue weighted by Crippen LogP contribution is 2.24. The Labute approximate surface area is 101 Å². The Morgan fingerprint density at radius 3 is 2.19 bits per heavy atom. The summed E-state index contributed by atoms with van der Waals surface area (Å²) in [5.74, 6) is 0.723. The molecule has 0 heterocycles. The summed E-state index contributed by atoms with van der Waals surface area (Å²) in [6.45, 7) is 12.8. The van der Waals surface area contributed by atoms with Crippen LogP contribution in [0.5, 0.6) is 0 Å². The lowest BCUT2D eigenvalue weighted by Gasteiger charge is -2.12. The Kier molecular flexibility index (Phi) is 7.62. The lowest BCUT2D eigenvalue weighted by molar-refractivity contribution is 0.673. The molecule has 0 N–H and O–H groups in total. The van der Waals surface area contributed by atoms with Crippen molar-refractivity contribution in [1.29, 1.82) is 0 Å². The van der Waals surface area contributed by atoms with Gasteiger partial charge in [0.05, 0.1) is 0 Å². The summed E-state index contributed by atoms with van der Waals surface area (Å²) in [4.78, 5) is 0. The predicted octanol–water partition coefficient (Wildman–Crippen LogP) is 5.47. The third-order valence-corrected chi connectivity index (χ3v) is 2.47. The summed E-state index contributed by atoms with van der Waals surface area (Å²) in [6, 6.07) is 8.61. The first-order valence-corrected chi connectivity index (χ1v) is 6.36. The molecule has 0 spiro atoms. The van der Waals surface area contributed by atoms with Gasteiger partial charge < -0.3 is 0 Å². The summed E-state index contributed by atoms with van der Waals surface area (Å²) >= 11 is 0. The van der Waals surface area contributed by atoms with Crippen molar-refractivity contribution in [2.75, 3.05) is 0 Å². The van der Waals surface area contributed by atoms with E-state index in [4.69, 9.17) is 0 Å². The number of rotatable bonds is 3. The molecule has 0 radical (unpaired) electrons. The van der Waals surface area contributed by atoms with Crippen molar-refractivity contribution in [3.8, 4) is 0 Å². The maximum atomic E-state index is 2.27. The molecule has 0 unspecified atom stereocenters. The third-order valence-electron chi connectivity index (χ3n) is 2.47. The van der Waals surface area contributed by atoms with E-state index >= 15 is 0 Å². The second-order valence-corrected chi connectivity index (χ2v) is 4.23. The molecule has 0 saturated carbocycles. The lowest BCUT2D eigenvalue weighted by Crippen LogP contribution is -1.93. The van der Waals surface area contributed by atoms with Gasteiger partial charge in [0.15, 0.2) is 0 Å². The van der Waals surface area contributed by atoms with Crippen LogP contribution in [-0.4, -0.2) is 0 Å². The Bertz CT molecular complexity index is 319. The van der Waals surface area contributed by atoms with E-state index in [2.05, 4.69) is 58.0 Å². The Hall–Kier alpha value is -1.04. The summed E-state index contributed by atoms with van der Waals surface area (Å²) in [5, 5.41) is 0. The van der Waals surface area contributed by atoms with Crippen LogP contribution in [0.1, 0.15) is 52.2 Å². The van der Waals surface area contributed by atoms with Crippen LogP contribution in [0.2, 0.25) is 0 Å². The highest BCUT2D eigenvalue weighted by atomic mass is 14.1. The lowest BCUT2D eigenvalue weighted by atomic mass is 9.93. The average Bonchev–Trinajstić information content (AvgIpc) is 2.29. The van der Waals surface area contributed by atoms with Crippen LogP contribution in [0.4, 0.5) is 0 Å². The Morgan fingerprint density at radius 1 is 1.19 bits per heavy atom. The molecule has 0 aromatic heterocycles. The molecule has 0 aliphatic heterocycles. The first-order valence-electron chi connectivity index (χ1n) is 6.36. The number of aryl methyl sites for hydroxylation is 1. The minimum Gasteiger partial charge on any atom is -0.0838 e. The average molecular weight is 218 g/mol. The molecule has 0 amide bonds. The fourth-order valence-electron chi connectivity index (χ4n) is 1.76. The van der Waals surface area contributed by atoms with E-state index < -0.39 is 0 Å². The van der Waals surface area contributed by atoms with E-state index in [1.54, 1.807) is 0 Å². The topological polar surface area (TPSA) is 0 Å². The van der Waals surface area contributed by atoms with Crippen molar-refractivity contribution in [2.24, 2.45) is 5.92 Å². The van der Waals surface area contributed by atoms with Crippen molar-refractivity contribution in [3.63, 3.8) is 0 Å². The zero-order chi connectivity index (χ0) is 12.6.